The predicted molar refractivity (Wildman–Crippen MR) is 92.0 cm³/mol. The molecule has 0 bridgehead atoms. The molecule has 2 aromatic carbocycles. The lowest BCUT2D eigenvalue weighted by atomic mass is 10.0. The van der Waals surface area contributed by atoms with Crippen molar-refractivity contribution in [2.45, 2.75) is 12.5 Å². The van der Waals surface area contributed by atoms with Crippen LogP contribution in [0.3, 0.4) is 0 Å². The van der Waals surface area contributed by atoms with Crippen molar-refractivity contribution >= 4 is 33.4 Å². The van der Waals surface area contributed by atoms with Crippen molar-refractivity contribution < 1.29 is 18.7 Å². The van der Waals surface area contributed by atoms with Gasteiger partial charge in [-0.1, -0.05) is 27.5 Å². The quantitative estimate of drug-likeness (QED) is 0.813. The molecule has 1 aliphatic rings. The molecule has 0 fully saturated rings. The Hall–Kier alpha value is -1.79. The van der Waals surface area contributed by atoms with Crippen molar-refractivity contribution in [3.8, 4) is 11.5 Å². The second kappa shape index (κ2) is 7.40. The fraction of sp³-hybridized carbons (Fsp3) is 0.235. The van der Waals surface area contributed by atoms with E-state index in [0.29, 0.717) is 18.8 Å². The third kappa shape index (κ3) is 3.99. The Bertz CT molecular complexity index is 771. The highest BCUT2D eigenvalue weighted by Gasteiger charge is 2.23. The smallest absolute Gasteiger partial charge is 0.258 e. The average molecular weight is 415 g/mol. The van der Waals surface area contributed by atoms with E-state index in [1.165, 1.54) is 18.2 Å². The van der Waals surface area contributed by atoms with E-state index in [9.17, 15) is 9.18 Å². The third-order valence-corrected chi connectivity index (χ3v) is 4.39. The first-order valence-corrected chi connectivity index (χ1v) is 8.49. The van der Waals surface area contributed by atoms with Gasteiger partial charge in [0.25, 0.3) is 5.91 Å². The number of halogens is 3. The molecule has 1 amide bonds. The van der Waals surface area contributed by atoms with Gasteiger partial charge in [0.05, 0.1) is 17.7 Å². The molecule has 1 atom stereocenters. The summed E-state index contributed by atoms with van der Waals surface area (Å²) in [6.45, 7) is 0.358. The number of nitrogens with one attached hydrogen (secondary N) is 1. The van der Waals surface area contributed by atoms with Gasteiger partial charge in [-0.2, -0.15) is 0 Å². The van der Waals surface area contributed by atoms with Gasteiger partial charge in [0.2, 0.25) is 0 Å². The Morgan fingerprint density at radius 1 is 1.38 bits per heavy atom. The van der Waals surface area contributed by atoms with Crippen LogP contribution in [-0.4, -0.2) is 19.1 Å². The maximum absolute atomic E-state index is 13.1. The van der Waals surface area contributed by atoms with E-state index in [4.69, 9.17) is 21.1 Å². The summed E-state index contributed by atoms with van der Waals surface area (Å²) in [4.78, 5) is 12.1. The molecule has 24 heavy (non-hydrogen) atoms. The summed E-state index contributed by atoms with van der Waals surface area (Å²) in [6, 6.07) is 9.51. The normalized spacial score (nSPS) is 16.0. The molecule has 7 heteroatoms. The van der Waals surface area contributed by atoms with Crippen LogP contribution in [0.5, 0.6) is 11.5 Å². The summed E-state index contributed by atoms with van der Waals surface area (Å²) in [5.74, 6) is 0.304. The Kier molecular flexibility index (Phi) is 5.26. The summed E-state index contributed by atoms with van der Waals surface area (Å²) in [5.41, 5.74) is 0.925. The molecule has 0 saturated carbocycles. The summed E-state index contributed by atoms with van der Waals surface area (Å²) in [7, 11) is 0. The largest absolute Gasteiger partial charge is 0.493 e. The van der Waals surface area contributed by atoms with Crippen molar-refractivity contribution in [3.63, 3.8) is 0 Å². The second-order valence-corrected chi connectivity index (χ2v) is 6.63. The first-order chi connectivity index (χ1) is 11.5. The molecular formula is C17H14BrClFNO3. The number of carbonyl (C=O) groups is 1. The lowest BCUT2D eigenvalue weighted by Gasteiger charge is -2.27. The van der Waals surface area contributed by atoms with Gasteiger partial charge >= 0.3 is 0 Å². The van der Waals surface area contributed by atoms with Crippen LogP contribution in [0, 0.1) is 5.82 Å². The van der Waals surface area contributed by atoms with Gasteiger partial charge in [-0.25, -0.2) is 4.39 Å². The highest BCUT2D eigenvalue weighted by atomic mass is 79.9. The molecule has 1 unspecified atom stereocenters. The van der Waals surface area contributed by atoms with E-state index in [0.717, 1.165) is 15.8 Å². The van der Waals surface area contributed by atoms with E-state index in [1.54, 1.807) is 0 Å². The molecule has 0 saturated heterocycles. The summed E-state index contributed by atoms with van der Waals surface area (Å²) in [6.07, 6.45) is 0.678. The number of hydrogen-bond acceptors (Lipinski definition) is 3. The minimum atomic E-state index is -0.530. The zero-order chi connectivity index (χ0) is 17.1. The molecule has 0 radical (unpaired) electrons. The van der Waals surface area contributed by atoms with Gasteiger partial charge in [-0.3, -0.25) is 4.79 Å². The molecule has 3 rings (SSSR count). The zero-order valence-corrected chi connectivity index (χ0v) is 14.9. The number of fused-ring (bicyclic) bond motifs is 1. The van der Waals surface area contributed by atoms with E-state index in [1.807, 2.05) is 18.2 Å². The van der Waals surface area contributed by atoms with Gasteiger partial charge in [0.1, 0.15) is 17.3 Å². The molecule has 0 spiro atoms. The van der Waals surface area contributed by atoms with Crippen LogP contribution in [0.1, 0.15) is 18.0 Å². The molecule has 1 heterocycles. The molecule has 2 aromatic rings. The Balaban J connectivity index is 1.61. The fourth-order valence-corrected chi connectivity index (χ4v) is 3.02. The summed E-state index contributed by atoms with van der Waals surface area (Å²) in [5, 5.41) is 2.88. The van der Waals surface area contributed by atoms with Gasteiger partial charge < -0.3 is 14.8 Å². The van der Waals surface area contributed by atoms with E-state index >= 15 is 0 Å². The molecule has 126 valence electrons. The summed E-state index contributed by atoms with van der Waals surface area (Å²) >= 11 is 9.10. The van der Waals surface area contributed by atoms with Gasteiger partial charge in [0, 0.05) is 22.5 Å². The lowest BCUT2D eigenvalue weighted by Crippen LogP contribution is -2.35. The van der Waals surface area contributed by atoms with Crippen molar-refractivity contribution in [1.29, 1.82) is 0 Å². The minimum absolute atomic E-state index is 0.0453. The number of rotatable bonds is 4. The number of carbonyl (C=O) groups excluding carboxylic acids is 1. The van der Waals surface area contributed by atoms with Crippen LogP contribution in [0.25, 0.3) is 0 Å². The number of ether oxygens (including phenoxy) is 2. The minimum Gasteiger partial charge on any atom is -0.493 e. The number of benzene rings is 2. The standard InChI is InChI=1S/C17H14BrClFNO3/c18-10-1-4-16-12(7-10)15(5-6-23-16)21-17(22)9-24-11-2-3-14(20)13(19)8-11/h1-4,7-8,15H,5-6,9H2,(H,21,22). The van der Waals surface area contributed by atoms with Crippen LogP contribution in [0.15, 0.2) is 40.9 Å². The number of amides is 1. The maximum Gasteiger partial charge on any atom is 0.258 e. The van der Waals surface area contributed by atoms with Crippen LogP contribution >= 0.6 is 27.5 Å². The number of hydrogen-bond donors (Lipinski definition) is 1. The highest BCUT2D eigenvalue weighted by Crippen LogP contribution is 2.34. The monoisotopic (exact) mass is 413 g/mol. The molecule has 1 aliphatic heterocycles. The Morgan fingerprint density at radius 2 is 2.21 bits per heavy atom. The Labute approximate surface area is 152 Å². The van der Waals surface area contributed by atoms with Crippen LogP contribution in [0.2, 0.25) is 5.02 Å². The first-order valence-electron chi connectivity index (χ1n) is 7.32. The van der Waals surface area contributed by atoms with Crippen molar-refractivity contribution in [3.05, 3.63) is 57.3 Å². The molecule has 4 nitrogen and oxygen atoms in total. The predicted octanol–water partition coefficient (Wildman–Crippen LogP) is 4.26. The Morgan fingerprint density at radius 3 is 3.00 bits per heavy atom. The van der Waals surface area contributed by atoms with Crippen molar-refractivity contribution in [2.75, 3.05) is 13.2 Å². The highest BCUT2D eigenvalue weighted by molar-refractivity contribution is 9.10. The third-order valence-electron chi connectivity index (χ3n) is 3.61. The van der Waals surface area contributed by atoms with E-state index < -0.39 is 5.82 Å². The van der Waals surface area contributed by atoms with Gasteiger partial charge in [-0.05, 0) is 30.3 Å². The molecule has 0 aliphatic carbocycles. The zero-order valence-electron chi connectivity index (χ0n) is 12.5. The maximum atomic E-state index is 13.1. The van der Waals surface area contributed by atoms with Gasteiger partial charge in [-0.15, -0.1) is 0 Å². The molecular weight excluding hydrogens is 401 g/mol. The summed E-state index contributed by atoms with van der Waals surface area (Å²) < 4.78 is 25.0. The lowest BCUT2D eigenvalue weighted by molar-refractivity contribution is -0.124. The second-order valence-electron chi connectivity index (χ2n) is 5.30. The topological polar surface area (TPSA) is 47.6 Å². The van der Waals surface area contributed by atoms with Crippen molar-refractivity contribution in [2.24, 2.45) is 0 Å². The van der Waals surface area contributed by atoms with E-state index in [-0.39, 0.29) is 23.6 Å². The SMILES string of the molecule is O=C(COc1ccc(F)c(Cl)c1)NC1CCOc2ccc(Br)cc21. The van der Waals surface area contributed by atoms with Gasteiger partial charge in [0.15, 0.2) is 6.61 Å². The van der Waals surface area contributed by atoms with Crippen molar-refractivity contribution in [1.82, 2.24) is 5.32 Å². The van der Waals surface area contributed by atoms with Crippen LogP contribution < -0.4 is 14.8 Å². The molecule has 0 aromatic heterocycles. The molecule has 1 N–H and O–H groups in total. The average Bonchev–Trinajstić information content (AvgIpc) is 2.56. The van der Waals surface area contributed by atoms with Crippen LogP contribution in [-0.2, 0) is 4.79 Å². The fourth-order valence-electron chi connectivity index (χ4n) is 2.47. The van der Waals surface area contributed by atoms with Crippen LogP contribution in [0.4, 0.5) is 4.39 Å². The van der Waals surface area contributed by atoms with E-state index in [2.05, 4.69) is 21.2 Å². The first kappa shape index (κ1) is 17.0.